The normalized spacial score (nSPS) is 11.0. The van der Waals surface area contributed by atoms with Gasteiger partial charge in [-0.3, -0.25) is 4.79 Å². The summed E-state index contributed by atoms with van der Waals surface area (Å²) < 4.78 is 16.3. The first-order chi connectivity index (χ1) is 15.1. The smallest absolute Gasteiger partial charge is 0.375 e. The molecule has 1 aromatic heterocycles. The van der Waals surface area contributed by atoms with Gasteiger partial charge in [-0.2, -0.15) is 0 Å². The number of benzene rings is 3. The molecule has 0 aliphatic rings. The summed E-state index contributed by atoms with van der Waals surface area (Å²) >= 11 is 0. The van der Waals surface area contributed by atoms with Gasteiger partial charge in [0.15, 0.2) is 6.61 Å². The molecular weight excluding hydrogens is 394 g/mol. The number of likely N-dealkylation sites (N-methyl/N-ethyl adjacent to an activating group) is 1. The lowest BCUT2D eigenvalue weighted by atomic mass is 10.1. The molecule has 0 saturated carbocycles. The number of rotatable bonds is 7. The molecule has 0 aliphatic heterocycles. The van der Waals surface area contributed by atoms with E-state index in [1.54, 1.807) is 18.1 Å². The van der Waals surface area contributed by atoms with Crippen molar-refractivity contribution in [1.82, 2.24) is 0 Å². The average molecular weight is 417 g/mol. The van der Waals surface area contributed by atoms with E-state index in [4.69, 9.17) is 13.9 Å². The van der Waals surface area contributed by atoms with E-state index >= 15 is 0 Å². The van der Waals surface area contributed by atoms with Crippen LogP contribution in [0.2, 0.25) is 0 Å². The molecule has 6 nitrogen and oxygen atoms in total. The van der Waals surface area contributed by atoms with Gasteiger partial charge in [0, 0.05) is 30.0 Å². The number of methoxy groups -OCH3 is 1. The molecule has 4 rings (SSSR count). The Morgan fingerprint density at radius 1 is 0.935 bits per heavy atom. The van der Waals surface area contributed by atoms with E-state index in [1.807, 2.05) is 67.6 Å². The molecule has 158 valence electrons. The molecule has 1 heterocycles. The first kappa shape index (κ1) is 20.6. The zero-order chi connectivity index (χ0) is 21.8. The van der Waals surface area contributed by atoms with Crippen LogP contribution in [0.1, 0.15) is 23.0 Å². The molecule has 0 N–H and O–H groups in total. The number of furan rings is 1. The van der Waals surface area contributed by atoms with Crippen molar-refractivity contribution in [3.05, 3.63) is 78.1 Å². The molecule has 6 heteroatoms. The highest BCUT2D eigenvalue weighted by Gasteiger charge is 2.24. The molecule has 0 atom stereocenters. The van der Waals surface area contributed by atoms with Gasteiger partial charge in [-0.25, -0.2) is 4.79 Å². The molecule has 1 amide bonds. The van der Waals surface area contributed by atoms with Gasteiger partial charge >= 0.3 is 5.97 Å². The summed E-state index contributed by atoms with van der Waals surface area (Å²) in [6, 6.07) is 21.0. The Morgan fingerprint density at radius 2 is 1.65 bits per heavy atom. The first-order valence-corrected chi connectivity index (χ1v) is 10.1. The predicted octanol–water partition coefficient (Wildman–Crippen LogP) is 4.94. The number of esters is 1. The molecule has 0 unspecified atom stereocenters. The molecular formula is C25H23NO5. The van der Waals surface area contributed by atoms with Gasteiger partial charge < -0.3 is 18.8 Å². The molecule has 0 saturated heterocycles. The number of hydrogen-bond donors (Lipinski definition) is 0. The second-order valence-electron chi connectivity index (χ2n) is 7.05. The van der Waals surface area contributed by atoms with Gasteiger partial charge in [-0.1, -0.05) is 54.6 Å². The zero-order valence-electron chi connectivity index (χ0n) is 17.5. The number of para-hydroxylation sites is 1. The number of hydrogen-bond acceptors (Lipinski definition) is 5. The van der Waals surface area contributed by atoms with Crippen LogP contribution in [0, 0.1) is 0 Å². The van der Waals surface area contributed by atoms with Crippen LogP contribution in [-0.4, -0.2) is 32.1 Å². The predicted molar refractivity (Wildman–Crippen MR) is 119 cm³/mol. The number of carbonyl (C=O) groups excluding carboxylic acids is 2. The number of nitrogens with zero attached hydrogens (tertiary/aromatic N) is 1. The standard InChI is InChI=1S/C25H23NO5/c1-3-26(21-13-8-10-17-9-4-5-11-18(17)21)23(27)16-30-25(28)24-20(15-29-2)19-12-6-7-14-22(19)31-24/h4-14H,3,15-16H2,1-2H3. The van der Waals surface area contributed by atoms with Gasteiger partial charge in [-0.05, 0) is 24.4 Å². The molecule has 0 spiro atoms. The Morgan fingerprint density at radius 3 is 2.42 bits per heavy atom. The SMILES string of the molecule is CCN(C(=O)COC(=O)c1oc2ccccc2c1COC)c1cccc2ccccc12. The fraction of sp³-hybridized carbons (Fsp3) is 0.200. The summed E-state index contributed by atoms with van der Waals surface area (Å²) in [5, 5.41) is 2.79. The Hall–Kier alpha value is -3.64. The lowest BCUT2D eigenvalue weighted by Crippen LogP contribution is -2.34. The minimum absolute atomic E-state index is 0.0593. The maximum atomic E-state index is 12.9. The van der Waals surface area contributed by atoms with Crippen molar-refractivity contribution in [2.24, 2.45) is 0 Å². The first-order valence-electron chi connectivity index (χ1n) is 10.1. The van der Waals surface area contributed by atoms with Gasteiger partial charge in [0.05, 0.1) is 12.3 Å². The molecule has 0 fully saturated rings. The second-order valence-corrected chi connectivity index (χ2v) is 7.05. The second kappa shape index (κ2) is 9.02. The Kier molecular flexibility index (Phi) is 6.00. The number of fused-ring (bicyclic) bond motifs is 2. The Bertz CT molecular complexity index is 1240. The van der Waals surface area contributed by atoms with Crippen LogP contribution in [0.15, 0.2) is 71.1 Å². The Balaban J connectivity index is 1.54. The highest BCUT2D eigenvalue weighted by molar-refractivity contribution is 6.05. The molecule has 31 heavy (non-hydrogen) atoms. The Labute approximate surface area is 180 Å². The van der Waals surface area contributed by atoms with Crippen LogP contribution in [0.4, 0.5) is 5.69 Å². The summed E-state index contributed by atoms with van der Waals surface area (Å²) in [6.07, 6.45) is 0. The molecule has 0 radical (unpaired) electrons. The van der Waals surface area contributed by atoms with Crippen molar-refractivity contribution >= 4 is 39.3 Å². The minimum Gasteiger partial charge on any atom is -0.450 e. The van der Waals surface area contributed by atoms with Crippen LogP contribution in [0.25, 0.3) is 21.7 Å². The zero-order valence-corrected chi connectivity index (χ0v) is 17.5. The maximum Gasteiger partial charge on any atom is 0.375 e. The van der Waals surface area contributed by atoms with Crippen LogP contribution >= 0.6 is 0 Å². The van der Waals surface area contributed by atoms with Crippen molar-refractivity contribution in [3.63, 3.8) is 0 Å². The van der Waals surface area contributed by atoms with Crippen molar-refractivity contribution in [1.29, 1.82) is 0 Å². The lowest BCUT2D eigenvalue weighted by molar-refractivity contribution is -0.121. The number of anilines is 1. The van der Waals surface area contributed by atoms with Crippen molar-refractivity contribution in [2.75, 3.05) is 25.2 Å². The van der Waals surface area contributed by atoms with E-state index in [0.717, 1.165) is 21.8 Å². The molecule has 3 aromatic carbocycles. The van der Waals surface area contributed by atoms with Crippen LogP contribution < -0.4 is 4.90 Å². The number of ether oxygens (including phenoxy) is 2. The summed E-state index contributed by atoms with van der Waals surface area (Å²) in [4.78, 5) is 27.3. The van der Waals surface area contributed by atoms with Gasteiger partial charge in [-0.15, -0.1) is 0 Å². The molecule has 0 aliphatic carbocycles. The van der Waals surface area contributed by atoms with Crippen LogP contribution in [-0.2, 0) is 20.9 Å². The average Bonchev–Trinajstić information content (AvgIpc) is 3.17. The topological polar surface area (TPSA) is 69.0 Å². The van der Waals surface area contributed by atoms with Crippen molar-refractivity contribution < 1.29 is 23.5 Å². The van der Waals surface area contributed by atoms with Gasteiger partial charge in [0.1, 0.15) is 5.58 Å². The molecule has 0 bridgehead atoms. The van der Waals surface area contributed by atoms with Gasteiger partial charge in [0.25, 0.3) is 5.91 Å². The largest absolute Gasteiger partial charge is 0.450 e. The van der Waals surface area contributed by atoms with E-state index in [9.17, 15) is 9.59 Å². The third-order valence-corrected chi connectivity index (χ3v) is 5.17. The summed E-state index contributed by atoms with van der Waals surface area (Å²) in [5.74, 6) is -0.939. The fourth-order valence-electron chi connectivity index (χ4n) is 3.75. The monoisotopic (exact) mass is 417 g/mol. The third kappa shape index (κ3) is 4.02. The molecule has 4 aromatic rings. The third-order valence-electron chi connectivity index (χ3n) is 5.17. The quantitative estimate of drug-likeness (QED) is 0.398. The van der Waals surface area contributed by atoms with Gasteiger partial charge in [0.2, 0.25) is 5.76 Å². The van der Waals surface area contributed by atoms with Crippen LogP contribution in [0.5, 0.6) is 0 Å². The van der Waals surface area contributed by atoms with Crippen molar-refractivity contribution in [2.45, 2.75) is 13.5 Å². The van der Waals surface area contributed by atoms with Crippen LogP contribution in [0.3, 0.4) is 0 Å². The maximum absolute atomic E-state index is 12.9. The number of amides is 1. The van der Waals surface area contributed by atoms with Crippen molar-refractivity contribution in [3.8, 4) is 0 Å². The highest BCUT2D eigenvalue weighted by atomic mass is 16.5. The summed E-state index contributed by atoms with van der Waals surface area (Å²) in [5.41, 5.74) is 1.96. The number of carbonyl (C=O) groups is 2. The van der Waals surface area contributed by atoms with E-state index in [0.29, 0.717) is 17.7 Å². The highest BCUT2D eigenvalue weighted by Crippen LogP contribution is 2.28. The van der Waals surface area contributed by atoms with E-state index in [-0.39, 0.29) is 24.9 Å². The minimum atomic E-state index is -0.689. The van der Waals surface area contributed by atoms with E-state index in [2.05, 4.69) is 0 Å². The summed E-state index contributed by atoms with van der Waals surface area (Å²) in [6.45, 7) is 2.15. The lowest BCUT2D eigenvalue weighted by Gasteiger charge is -2.22. The van der Waals surface area contributed by atoms with E-state index in [1.165, 1.54) is 0 Å². The summed E-state index contributed by atoms with van der Waals surface area (Å²) in [7, 11) is 1.55. The van der Waals surface area contributed by atoms with E-state index < -0.39 is 5.97 Å². The fourth-order valence-corrected chi connectivity index (χ4v) is 3.75.